The molecule has 0 aromatic heterocycles. The van der Waals surface area contributed by atoms with Crippen molar-refractivity contribution in [1.82, 2.24) is 0 Å². The lowest BCUT2D eigenvalue weighted by Gasteiger charge is -2.28. The minimum absolute atomic E-state index is 0.114. The third-order valence-corrected chi connectivity index (χ3v) is 5.86. The van der Waals surface area contributed by atoms with Crippen molar-refractivity contribution in [1.29, 1.82) is 0 Å². The van der Waals surface area contributed by atoms with E-state index >= 15 is 0 Å². The molecule has 0 spiro atoms. The molecule has 0 radical (unpaired) electrons. The molecule has 0 saturated carbocycles. The van der Waals surface area contributed by atoms with E-state index in [1.165, 1.54) is 24.3 Å². The van der Waals surface area contributed by atoms with Crippen LogP contribution < -0.4 is 9.96 Å². The van der Waals surface area contributed by atoms with E-state index in [1.54, 1.807) is 5.06 Å². The number of imide groups is 1. The van der Waals surface area contributed by atoms with Gasteiger partial charge in [0.05, 0.1) is 22.3 Å². The average Bonchev–Trinajstić information content (AvgIpc) is 3.31. The number of fused-ring (bicyclic) bond motifs is 1. The van der Waals surface area contributed by atoms with Crippen LogP contribution in [0.15, 0.2) is 78.9 Å². The molecule has 160 valence electrons. The molecule has 3 atom stereocenters. The normalized spacial score (nSPS) is 22.3. The highest BCUT2D eigenvalue weighted by molar-refractivity contribution is 6.23. The van der Waals surface area contributed by atoms with Gasteiger partial charge < -0.3 is 0 Å². The van der Waals surface area contributed by atoms with Crippen molar-refractivity contribution < 1.29 is 19.3 Å². The van der Waals surface area contributed by atoms with Crippen LogP contribution in [0.25, 0.3) is 0 Å². The predicted molar refractivity (Wildman–Crippen MR) is 117 cm³/mol. The molecule has 2 heterocycles. The van der Waals surface area contributed by atoms with Gasteiger partial charge in [-0.2, -0.15) is 0 Å². The molecule has 3 aromatic rings. The lowest BCUT2D eigenvalue weighted by molar-refractivity contribution is -0.384. The Balaban J connectivity index is 1.55. The third kappa shape index (κ3) is 3.12. The number of hydrogen-bond donors (Lipinski definition) is 0. The Kier molecular flexibility index (Phi) is 4.71. The van der Waals surface area contributed by atoms with E-state index in [9.17, 15) is 19.7 Å². The molecule has 2 aliphatic heterocycles. The summed E-state index contributed by atoms with van der Waals surface area (Å²) in [6.07, 6.45) is -0.982. The van der Waals surface area contributed by atoms with E-state index in [-0.39, 0.29) is 11.4 Å². The molecule has 0 bridgehead atoms. The first kappa shape index (κ1) is 19.9. The highest BCUT2D eigenvalue weighted by Crippen LogP contribution is 2.47. The summed E-state index contributed by atoms with van der Waals surface area (Å²) >= 11 is 0. The van der Waals surface area contributed by atoms with Gasteiger partial charge in [-0.05, 0) is 36.8 Å². The molecule has 0 N–H and O–H groups in total. The summed E-state index contributed by atoms with van der Waals surface area (Å²) in [6.45, 7) is 1.98. The number of nitro benzene ring substituents is 1. The average molecular weight is 429 g/mol. The van der Waals surface area contributed by atoms with Crippen LogP contribution in [-0.2, 0) is 14.4 Å². The highest BCUT2D eigenvalue weighted by atomic mass is 16.7. The van der Waals surface area contributed by atoms with Gasteiger partial charge in [0.25, 0.3) is 11.6 Å². The van der Waals surface area contributed by atoms with E-state index in [0.717, 1.165) is 21.7 Å². The molecule has 2 saturated heterocycles. The van der Waals surface area contributed by atoms with Gasteiger partial charge in [-0.3, -0.25) is 24.5 Å². The second kappa shape index (κ2) is 7.58. The van der Waals surface area contributed by atoms with Gasteiger partial charge in [-0.1, -0.05) is 48.0 Å². The van der Waals surface area contributed by atoms with Crippen molar-refractivity contribution in [3.05, 3.63) is 100 Å². The Morgan fingerprint density at radius 1 is 0.844 bits per heavy atom. The summed E-state index contributed by atoms with van der Waals surface area (Å²) in [4.78, 5) is 44.3. The fourth-order valence-electron chi connectivity index (χ4n) is 4.29. The number of benzene rings is 3. The Bertz CT molecular complexity index is 1190. The molecule has 0 unspecified atom stereocenters. The van der Waals surface area contributed by atoms with E-state index in [0.29, 0.717) is 0 Å². The van der Waals surface area contributed by atoms with Crippen LogP contribution in [0.1, 0.15) is 17.2 Å². The first-order valence-electron chi connectivity index (χ1n) is 10.2. The van der Waals surface area contributed by atoms with Crippen LogP contribution in [0.2, 0.25) is 0 Å². The van der Waals surface area contributed by atoms with E-state index in [2.05, 4.69) is 0 Å². The van der Waals surface area contributed by atoms with Crippen molar-refractivity contribution in [2.45, 2.75) is 19.1 Å². The van der Waals surface area contributed by atoms with Crippen LogP contribution in [-0.4, -0.2) is 22.8 Å². The maximum absolute atomic E-state index is 13.5. The molecule has 2 fully saturated rings. The highest BCUT2D eigenvalue weighted by Gasteiger charge is 2.60. The molecule has 8 heteroatoms. The summed E-state index contributed by atoms with van der Waals surface area (Å²) in [5.74, 6) is -1.62. The minimum atomic E-state index is -0.982. The minimum Gasteiger partial charge on any atom is -0.273 e. The van der Waals surface area contributed by atoms with E-state index in [1.807, 2.05) is 61.5 Å². The van der Waals surface area contributed by atoms with Crippen molar-refractivity contribution in [3.63, 3.8) is 0 Å². The van der Waals surface area contributed by atoms with E-state index < -0.39 is 34.8 Å². The fraction of sp³-hybridized carbons (Fsp3) is 0.167. The molecule has 2 amide bonds. The summed E-state index contributed by atoms with van der Waals surface area (Å²) in [5.41, 5.74) is 2.86. The van der Waals surface area contributed by atoms with Crippen molar-refractivity contribution in [3.8, 4) is 0 Å². The van der Waals surface area contributed by atoms with E-state index in [4.69, 9.17) is 4.84 Å². The zero-order valence-corrected chi connectivity index (χ0v) is 17.1. The Hall–Kier alpha value is -4.04. The van der Waals surface area contributed by atoms with Gasteiger partial charge in [0.2, 0.25) is 5.91 Å². The first-order chi connectivity index (χ1) is 15.5. The van der Waals surface area contributed by atoms with Crippen molar-refractivity contribution >= 4 is 28.9 Å². The number of non-ortho nitro benzene ring substituents is 1. The number of hydroxylamine groups is 1. The number of para-hydroxylation sites is 1. The van der Waals surface area contributed by atoms with Gasteiger partial charge in [0, 0.05) is 12.1 Å². The van der Waals surface area contributed by atoms with Crippen LogP contribution in [0.3, 0.4) is 0 Å². The van der Waals surface area contributed by atoms with Crippen molar-refractivity contribution in [2.24, 2.45) is 5.92 Å². The number of amides is 2. The lowest BCUT2D eigenvalue weighted by Crippen LogP contribution is -2.37. The number of carbonyl (C=O) groups excluding carboxylic acids is 2. The number of nitro groups is 1. The van der Waals surface area contributed by atoms with Gasteiger partial charge >= 0.3 is 0 Å². The van der Waals surface area contributed by atoms with Gasteiger partial charge in [-0.25, -0.2) is 9.96 Å². The Morgan fingerprint density at radius 3 is 2.12 bits per heavy atom. The molecule has 3 aromatic carbocycles. The smallest absolute Gasteiger partial charge is 0.269 e. The summed E-state index contributed by atoms with van der Waals surface area (Å²) in [5, 5.41) is 12.6. The van der Waals surface area contributed by atoms with Gasteiger partial charge in [-0.15, -0.1) is 0 Å². The molecule has 2 aliphatic rings. The largest absolute Gasteiger partial charge is 0.273 e. The second-order valence-electron chi connectivity index (χ2n) is 7.85. The first-order valence-corrected chi connectivity index (χ1v) is 10.2. The molecule has 5 rings (SSSR count). The number of nitrogens with zero attached hydrogens (tertiary/aromatic N) is 3. The van der Waals surface area contributed by atoms with Gasteiger partial charge in [0.15, 0.2) is 6.10 Å². The maximum atomic E-state index is 13.5. The molecule has 8 nitrogen and oxygen atoms in total. The summed E-state index contributed by atoms with van der Waals surface area (Å²) in [6, 6.07) is 22.0. The zero-order chi connectivity index (χ0) is 22.4. The second-order valence-corrected chi connectivity index (χ2v) is 7.85. The number of aryl methyl sites for hydroxylation is 1. The topological polar surface area (TPSA) is 93.0 Å². The third-order valence-electron chi connectivity index (χ3n) is 5.86. The number of carbonyl (C=O) groups is 2. The fourth-order valence-corrected chi connectivity index (χ4v) is 4.29. The molecular formula is C24H19N3O5. The Morgan fingerprint density at radius 2 is 1.50 bits per heavy atom. The Labute approximate surface area is 183 Å². The monoisotopic (exact) mass is 429 g/mol. The quantitative estimate of drug-likeness (QED) is 0.354. The van der Waals surface area contributed by atoms with Crippen LogP contribution in [0, 0.1) is 23.0 Å². The van der Waals surface area contributed by atoms with Crippen LogP contribution in [0.4, 0.5) is 17.1 Å². The molecule has 0 aliphatic carbocycles. The predicted octanol–water partition coefficient (Wildman–Crippen LogP) is 3.95. The standard InChI is InChI=1S/C24H19N3O5/c1-15-7-9-16(10-8-15)21-20-22(32-26(21)18-5-3-2-4-6-18)24(29)25(23(20)28)17-11-13-19(14-12-17)27(30)31/h2-14,20-22H,1H3/t20-,21+,22-/m1/s1. The number of hydrogen-bond acceptors (Lipinski definition) is 6. The maximum Gasteiger partial charge on any atom is 0.269 e. The summed E-state index contributed by atoms with van der Waals surface area (Å²) < 4.78 is 0. The number of anilines is 2. The zero-order valence-electron chi connectivity index (χ0n) is 17.1. The molecule has 32 heavy (non-hydrogen) atoms. The van der Waals surface area contributed by atoms with Crippen LogP contribution >= 0.6 is 0 Å². The lowest BCUT2D eigenvalue weighted by atomic mass is 9.90. The number of rotatable bonds is 4. The van der Waals surface area contributed by atoms with Crippen molar-refractivity contribution in [2.75, 3.05) is 9.96 Å². The SMILES string of the molecule is Cc1ccc([C@H]2[C@H]3C(=O)N(c4ccc([N+](=O)[O-])cc4)C(=O)[C@@H]3ON2c2ccccc2)cc1. The molecular weight excluding hydrogens is 410 g/mol. The van der Waals surface area contributed by atoms with Crippen LogP contribution in [0.5, 0.6) is 0 Å². The summed E-state index contributed by atoms with van der Waals surface area (Å²) in [7, 11) is 0. The van der Waals surface area contributed by atoms with Gasteiger partial charge in [0.1, 0.15) is 5.92 Å².